The van der Waals surface area contributed by atoms with Crippen LogP contribution in [0.4, 0.5) is 12.9 Å². The molecule has 0 aliphatic heterocycles. The SMILES string of the molecule is CC(C)C1CC=C([B-](F)(F)F)CC1. The van der Waals surface area contributed by atoms with Crippen LogP contribution in [0.2, 0.25) is 0 Å². The summed E-state index contributed by atoms with van der Waals surface area (Å²) in [6.07, 6.45) is 2.93. The van der Waals surface area contributed by atoms with Gasteiger partial charge in [0, 0.05) is 0 Å². The van der Waals surface area contributed by atoms with Crippen LogP contribution in [0.5, 0.6) is 0 Å². The maximum Gasteiger partial charge on any atom is 0.505 e. The third-order valence-electron chi connectivity index (χ3n) is 2.85. The molecular formula is C9H15BF3-. The highest BCUT2D eigenvalue weighted by Crippen LogP contribution is 2.34. The molecule has 4 heteroatoms. The molecule has 1 aliphatic carbocycles. The maximum atomic E-state index is 12.3. The summed E-state index contributed by atoms with van der Waals surface area (Å²) in [6, 6.07) is 0. The van der Waals surface area contributed by atoms with Gasteiger partial charge in [0.15, 0.2) is 0 Å². The summed E-state index contributed by atoms with van der Waals surface area (Å²) in [5, 5.41) is 0. The van der Waals surface area contributed by atoms with Crippen molar-refractivity contribution >= 4 is 6.98 Å². The zero-order chi connectivity index (χ0) is 10.1. The van der Waals surface area contributed by atoms with Crippen molar-refractivity contribution in [3.8, 4) is 0 Å². The van der Waals surface area contributed by atoms with Gasteiger partial charge in [-0.1, -0.05) is 20.3 Å². The lowest BCUT2D eigenvalue weighted by Gasteiger charge is -2.29. The minimum atomic E-state index is -4.71. The Morgan fingerprint density at radius 1 is 1.38 bits per heavy atom. The van der Waals surface area contributed by atoms with Crippen molar-refractivity contribution in [3.05, 3.63) is 11.5 Å². The monoisotopic (exact) mass is 191 g/mol. The molecule has 0 spiro atoms. The van der Waals surface area contributed by atoms with Crippen LogP contribution in [0.15, 0.2) is 11.5 Å². The molecule has 1 atom stereocenters. The Bertz CT molecular complexity index is 205. The summed E-state index contributed by atoms with van der Waals surface area (Å²) in [4.78, 5) is 0. The van der Waals surface area contributed by atoms with Crippen LogP contribution in [0.1, 0.15) is 33.1 Å². The van der Waals surface area contributed by atoms with E-state index >= 15 is 0 Å². The van der Waals surface area contributed by atoms with Crippen LogP contribution in [-0.4, -0.2) is 6.98 Å². The van der Waals surface area contributed by atoms with E-state index < -0.39 is 6.98 Å². The zero-order valence-corrected chi connectivity index (χ0v) is 8.06. The number of hydrogen-bond acceptors (Lipinski definition) is 0. The second-order valence-corrected chi connectivity index (χ2v) is 4.13. The van der Waals surface area contributed by atoms with E-state index in [1.165, 1.54) is 6.08 Å². The van der Waals surface area contributed by atoms with Gasteiger partial charge in [-0.3, -0.25) is 0 Å². The first-order valence-corrected chi connectivity index (χ1v) is 4.80. The molecule has 0 aromatic carbocycles. The molecule has 0 saturated heterocycles. The molecule has 0 bridgehead atoms. The normalized spacial score (nSPS) is 24.8. The predicted octanol–water partition coefficient (Wildman–Crippen LogP) is 3.76. The summed E-state index contributed by atoms with van der Waals surface area (Å²) < 4.78 is 36.8. The van der Waals surface area contributed by atoms with E-state index in [1.807, 2.05) is 0 Å². The molecule has 1 rings (SSSR count). The fourth-order valence-electron chi connectivity index (χ4n) is 1.78. The fourth-order valence-corrected chi connectivity index (χ4v) is 1.78. The molecule has 0 heterocycles. The van der Waals surface area contributed by atoms with Crippen LogP contribution < -0.4 is 0 Å². The number of allylic oxidation sites excluding steroid dienone is 2. The largest absolute Gasteiger partial charge is 0.505 e. The van der Waals surface area contributed by atoms with Gasteiger partial charge in [0.05, 0.1) is 0 Å². The zero-order valence-electron chi connectivity index (χ0n) is 8.06. The summed E-state index contributed by atoms with van der Waals surface area (Å²) in [6.45, 7) is -0.566. The van der Waals surface area contributed by atoms with Gasteiger partial charge in [-0.2, -0.15) is 0 Å². The number of halogens is 3. The molecule has 0 amide bonds. The summed E-state index contributed by atoms with van der Waals surface area (Å²) in [5.41, 5.74) is -0.267. The smallest absolute Gasteiger partial charge is 0.445 e. The molecule has 0 nitrogen and oxygen atoms in total. The standard InChI is InChI=1S/C9H15BF3/c1-7(2)8-3-5-9(6-4-8)10(11,12)13/h5,7-8H,3-4,6H2,1-2H3/q-1. The van der Waals surface area contributed by atoms with E-state index in [1.54, 1.807) is 0 Å². The average molecular weight is 191 g/mol. The summed E-state index contributed by atoms with van der Waals surface area (Å²) >= 11 is 0. The Morgan fingerprint density at radius 3 is 2.31 bits per heavy atom. The van der Waals surface area contributed by atoms with Crippen LogP contribution in [0.3, 0.4) is 0 Å². The highest BCUT2D eigenvalue weighted by atomic mass is 19.4. The lowest BCUT2D eigenvalue weighted by molar-refractivity contribution is 0.347. The van der Waals surface area contributed by atoms with E-state index in [-0.39, 0.29) is 11.9 Å². The number of rotatable bonds is 2. The minimum absolute atomic E-state index is 0.229. The van der Waals surface area contributed by atoms with Crippen molar-refractivity contribution in [2.75, 3.05) is 0 Å². The third-order valence-corrected chi connectivity index (χ3v) is 2.85. The molecule has 0 fully saturated rings. The molecule has 0 N–H and O–H groups in total. The molecule has 0 aromatic heterocycles. The highest BCUT2D eigenvalue weighted by molar-refractivity contribution is 6.66. The minimum Gasteiger partial charge on any atom is -0.445 e. The molecule has 0 aromatic rings. The predicted molar refractivity (Wildman–Crippen MR) is 49.3 cm³/mol. The van der Waals surface area contributed by atoms with E-state index in [4.69, 9.17) is 0 Å². The Labute approximate surface area is 77.3 Å². The molecule has 0 saturated carbocycles. The molecule has 1 unspecified atom stereocenters. The lowest BCUT2D eigenvalue weighted by Crippen LogP contribution is -2.24. The van der Waals surface area contributed by atoms with Gasteiger partial charge in [-0.15, -0.1) is 11.5 Å². The molecule has 0 radical (unpaired) electrons. The van der Waals surface area contributed by atoms with Crippen LogP contribution in [-0.2, 0) is 0 Å². The highest BCUT2D eigenvalue weighted by Gasteiger charge is 2.30. The van der Waals surface area contributed by atoms with Gasteiger partial charge in [-0.05, 0) is 24.7 Å². The van der Waals surface area contributed by atoms with Gasteiger partial charge >= 0.3 is 6.98 Å². The molecule has 13 heavy (non-hydrogen) atoms. The van der Waals surface area contributed by atoms with Gasteiger partial charge in [0.2, 0.25) is 0 Å². The van der Waals surface area contributed by atoms with Crippen LogP contribution in [0.25, 0.3) is 0 Å². The van der Waals surface area contributed by atoms with Crippen molar-refractivity contribution in [1.29, 1.82) is 0 Å². The van der Waals surface area contributed by atoms with Crippen molar-refractivity contribution in [2.45, 2.75) is 33.1 Å². The second-order valence-electron chi connectivity index (χ2n) is 4.13. The first-order valence-electron chi connectivity index (χ1n) is 4.80. The van der Waals surface area contributed by atoms with Gasteiger partial charge in [0.25, 0.3) is 0 Å². The van der Waals surface area contributed by atoms with Gasteiger partial charge in [-0.25, -0.2) is 0 Å². The van der Waals surface area contributed by atoms with E-state index in [2.05, 4.69) is 13.8 Å². The average Bonchev–Trinajstić information content (AvgIpc) is 2.03. The van der Waals surface area contributed by atoms with E-state index in [0.717, 1.165) is 0 Å². The Morgan fingerprint density at radius 2 is 2.00 bits per heavy atom. The second kappa shape index (κ2) is 3.76. The first-order chi connectivity index (χ1) is 5.91. The maximum absolute atomic E-state index is 12.3. The third kappa shape index (κ3) is 2.78. The van der Waals surface area contributed by atoms with Crippen LogP contribution in [0, 0.1) is 11.8 Å². The van der Waals surface area contributed by atoms with Crippen LogP contribution >= 0.6 is 0 Å². The topological polar surface area (TPSA) is 0 Å². The Hall–Kier alpha value is -0.405. The van der Waals surface area contributed by atoms with Crippen molar-refractivity contribution in [3.63, 3.8) is 0 Å². The fraction of sp³-hybridized carbons (Fsp3) is 0.778. The van der Waals surface area contributed by atoms with E-state index in [9.17, 15) is 12.9 Å². The van der Waals surface area contributed by atoms with E-state index in [0.29, 0.717) is 24.7 Å². The Kier molecular flexibility index (Phi) is 3.09. The lowest BCUT2D eigenvalue weighted by atomic mass is 9.69. The van der Waals surface area contributed by atoms with Crippen molar-refractivity contribution in [1.82, 2.24) is 0 Å². The number of hydrogen-bond donors (Lipinski definition) is 0. The van der Waals surface area contributed by atoms with Gasteiger partial charge < -0.3 is 12.9 Å². The molecule has 76 valence electrons. The van der Waals surface area contributed by atoms with Crippen molar-refractivity contribution in [2.24, 2.45) is 11.8 Å². The van der Waals surface area contributed by atoms with Crippen molar-refractivity contribution < 1.29 is 12.9 Å². The first kappa shape index (κ1) is 10.7. The summed E-state index contributed by atoms with van der Waals surface area (Å²) in [7, 11) is 0. The Balaban J connectivity index is 2.58. The summed E-state index contributed by atoms with van der Waals surface area (Å²) in [5.74, 6) is 0.945. The quantitative estimate of drug-likeness (QED) is 0.583. The molecule has 1 aliphatic rings. The van der Waals surface area contributed by atoms with Gasteiger partial charge in [0.1, 0.15) is 0 Å². The molecular weight excluding hydrogens is 176 g/mol.